The number of nitrogens with one attached hydrogen (secondary N) is 3. The minimum Gasteiger partial charge on any atom is -0.497 e. The smallest absolute Gasteiger partial charge is 0.255 e. The zero-order valence-corrected chi connectivity index (χ0v) is 16.9. The van der Waals surface area contributed by atoms with Crippen molar-refractivity contribution in [3.63, 3.8) is 0 Å². The van der Waals surface area contributed by atoms with Gasteiger partial charge in [0, 0.05) is 5.70 Å². The van der Waals surface area contributed by atoms with E-state index in [2.05, 4.69) is 16.0 Å². The van der Waals surface area contributed by atoms with Gasteiger partial charge in [-0.15, -0.1) is 0 Å². The van der Waals surface area contributed by atoms with Crippen LogP contribution in [-0.2, 0) is 4.79 Å². The molecular weight excluding hydrogens is 374 g/mol. The van der Waals surface area contributed by atoms with Crippen LogP contribution in [0.1, 0.15) is 25.5 Å². The van der Waals surface area contributed by atoms with Gasteiger partial charge in [0.2, 0.25) is 0 Å². The van der Waals surface area contributed by atoms with Crippen molar-refractivity contribution in [1.29, 1.82) is 0 Å². The molecule has 3 rings (SSSR count). The molecule has 7 heteroatoms. The third-order valence-electron chi connectivity index (χ3n) is 4.40. The molecule has 1 unspecified atom stereocenters. The van der Waals surface area contributed by atoms with Crippen molar-refractivity contribution in [3.8, 4) is 11.5 Å². The van der Waals surface area contributed by atoms with Crippen LogP contribution < -0.4 is 25.4 Å². The van der Waals surface area contributed by atoms with Gasteiger partial charge in [-0.1, -0.05) is 24.3 Å². The summed E-state index contributed by atoms with van der Waals surface area (Å²) >= 11 is 5.30. The van der Waals surface area contributed by atoms with Gasteiger partial charge in [0.15, 0.2) is 5.11 Å². The van der Waals surface area contributed by atoms with Crippen LogP contribution >= 0.6 is 12.2 Å². The Labute approximate surface area is 169 Å². The van der Waals surface area contributed by atoms with Crippen molar-refractivity contribution in [2.45, 2.75) is 19.9 Å². The van der Waals surface area contributed by atoms with Gasteiger partial charge in [0.05, 0.1) is 31.0 Å². The van der Waals surface area contributed by atoms with Crippen molar-refractivity contribution >= 4 is 28.9 Å². The number of ether oxygens (including phenoxy) is 2. The van der Waals surface area contributed by atoms with E-state index < -0.39 is 0 Å². The molecule has 1 aliphatic rings. The second kappa shape index (κ2) is 8.75. The molecular formula is C21H23N3O3S. The van der Waals surface area contributed by atoms with Crippen LogP contribution in [0.15, 0.2) is 59.8 Å². The SMILES string of the molecule is CCOc1ccccc1NC(=O)C1=C(C)NC(=S)NC1c1ccc(OC)cc1. The second-order valence-corrected chi connectivity index (χ2v) is 6.63. The normalized spacial score (nSPS) is 16.1. The van der Waals surface area contributed by atoms with E-state index in [-0.39, 0.29) is 11.9 Å². The van der Waals surface area contributed by atoms with Crippen LogP contribution in [0.5, 0.6) is 11.5 Å². The van der Waals surface area contributed by atoms with Crippen molar-refractivity contribution in [1.82, 2.24) is 10.6 Å². The zero-order valence-electron chi connectivity index (χ0n) is 16.0. The molecule has 1 aliphatic heterocycles. The molecule has 0 bridgehead atoms. The van der Waals surface area contributed by atoms with Gasteiger partial charge in [0.25, 0.3) is 5.91 Å². The van der Waals surface area contributed by atoms with E-state index in [4.69, 9.17) is 21.7 Å². The van der Waals surface area contributed by atoms with Gasteiger partial charge < -0.3 is 25.4 Å². The molecule has 1 amide bonds. The topological polar surface area (TPSA) is 71.6 Å². The van der Waals surface area contributed by atoms with Gasteiger partial charge in [-0.25, -0.2) is 0 Å². The molecule has 2 aromatic carbocycles. The van der Waals surface area contributed by atoms with Crippen molar-refractivity contribution < 1.29 is 14.3 Å². The third-order valence-corrected chi connectivity index (χ3v) is 4.62. The number of amides is 1. The molecule has 0 fully saturated rings. The van der Waals surface area contributed by atoms with E-state index in [1.807, 2.05) is 62.4 Å². The molecule has 0 aliphatic carbocycles. The number of methoxy groups -OCH3 is 1. The van der Waals surface area contributed by atoms with E-state index >= 15 is 0 Å². The standard InChI is InChI=1S/C21H23N3O3S/c1-4-27-17-8-6-5-7-16(17)23-20(25)18-13(2)22-21(28)24-19(18)14-9-11-15(26-3)12-10-14/h5-12,19H,4H2,1-3H3,(H,23,25)(H2,22,24,28). The molecule has 28 heavy (non-hydrogen) atoms. The van der Waals surface area contributed by atoms with Gasteiger partial charge in [0.1, 0.15) is 11.5 Å². The van der Waals surface area contributed by atoms with Crippen LogP contribution in [0.4, 0.5) is 5.69 Å². The number of hydrogen-bond acceptors (Lipinski definition) is 4. The first kappa shape index (κ1) is 19.7. The molecule has 146 valence electrons. The molecule has 1 atom stereocenters. The molecule has 0 radical (unpaired) electrons. The number of rotatable bonds is 6. The predicted molar refractivity (Wildman–Crippen MR) is 114 cm³/mol. The predicted octanol–water partition coefficient (Wildman–Crippen LogP) is 3.53. The maximum atomic E-state index is 13.2. The number of allylic oxidation sites excluding steroid dienone is 1. The lowest BCUT2D eigenvalue weighted by atomic mass is 9.95. The van der Waals surface area contributed by atoms with Crippen LogP contribution in [0.25, 0.3) is 0 Å². The summed E-state index contributed by atoms with van der Waals surface area (Å²) in [5, 5.41) is 9.67. The summed E-state index contributed by atoms with van der Waals surface area (Å²) in [6.45, 7) is 4.26. The second-order valence-electron chi connectivity index (χ2n) is 6.23. The van der Waals surface area contributed by atoms with Crippen LogP contribution in [0, 0.1) is 0 Å². The molecule has 2 aromatic rings. The average Bonchev–Trinajstić information content (AvgIpc) is 2.69. The average molecular weight is 398 g/mol. The van der Waals surface area contributed by atoms with Gasteiger partial charge in [-0.3, -0.25) is 4.79 Å². The number of thiocarbonyl (C=S) groups is 1. The first-order valence-corrected chi connectivity index (χ1v) is 9.39. The largest absolute Gasteiger partial charge is 0.497 e. The highest BCUT2D eigenvalue weighted by atomic mass is 32.1. The Balaban J connectivity index is 1.92. The summed E-state index contributed by atoms with van der Waals surface area (Å²) in [4.78, 5) is 13.2. The summed E-state index contributed by atoms with van der Waals surface area (Å²) in [6.07, 6.45) is 0. The number of benzene rings is 2. The Kier molecular flexibility index (Phi) is 6.16. The first-order chi connectivity index (χ1) is 13.5. The monoisotopic (exact) mass is 397 g/mol. The summed E-state index contributed by atoms with van der Waals surface area (Å²) in [7, 11) is 1.62. The Morgan fingerprint density at radius 1 is 1.18 bits per heavy atom. The Morgan fingerprint density at radius 2 is 1.89 bits per heavy atom. The third kappa shape index (κ3) is 4.26. The summed E-state index contributed by atoms with van der Waals surface area (Å²) in [5.41, 5.74) is 2.80. The van der Waals surface area contributed by atoms with E-state index in [0.717, 1.165) is 11.3 Å². The van der Waals surface area contributed by atoms with Gasteiger partial charge in [-0.05, 0) is 55.9 Å². The minimum absolute atomic E-state index is 0.229. The summed E-state index contributed by atoms with van der Waals surface area (Å²) in [5.74, 6) is 1.15. The summed E-state index contributed by atoms with van der Waals surface area (Å²) in [6, 6.07) is 14.5. The molecule has 1 heterocycles. The maximum Gasteiger partial charge on any atom is 0.255 e. The molecule has 6 nitrogen and oxygen atoms in total. The van der Waals surface area contributed by atoms with Crippen LogP contribution in [-0.4, -0.2) is 24.7 Å². The first-order valence-electron chi connectivity index (χ1n) is 8.99. The minimum atomic E-state index is -0.376. The van der Waals surface area contributed by atoms with Crippen molar-refractivity contribution in [2.24, 2.45) is 0 Å². The molecule has 3 N–H and O–H groups in total. The van der Waals surface area contributed by atoms with Gasteiger partial charge >= 0.3 is 0 Å². The highest BCUT2D eigenvalue weighted by Gasteiger charge is 2.30. The van der Waals surface area contributed by atoms with Crippen LogP contribution in [0.3, 0.4) is 0 Å². The molecule has 0 saturated carbocycles. The lowest BCUT2D eigenvalue weighted by Gasteiger charge is -2.30. The van der Waals surface area contributed by atoms with E-state index in [1.54, 1.807) is 7.11 Å². The number of carbonyl (C=O) groups excluding carboxylic acids is 1. The Bertz CT molecular complexity index is 909. The summed E-state index contributed by atoms with van der Waals surface area (Å²) < 4.78 is 10.8. The molecule has 0 spiro atoms. The van der Waals surface area contributed by atoms with E-state index in [0.29, 0.717) is 34.4 Å². The van der Waals surface area contributed by atoms with Gasteiger partial charge in [-0.2, -0.15) is 0 Å². The highest BCUT2D eigenvalue weighted by molar-refractivity contribution is 7.80. The fraction of sp³-hybridized carbons (Fsp3) is 0.238. The quantitative estimate of drug-likeness (QED) is 0.648. The Morgan fingerprint density at radius 3 is 2.57 bits per heavy atom. The molecule has 0 aromatic heterocycles. The lowest BCUT2D eigenvalue weighted by Crippen LogP contribution is -2.45. The number of carbonyl (C=O) groups is 1. The van der Waals surface area contributed by atoms with E-state index in [1.165, 1.54) is 0 Å². The highest BCUT2D eigenvalue weighted by Crippen LogP contribution is 2.30. The number of anilines is 1. The number of para-hydroxylation sites is 2. The fourth-order valence-corrected chi connectivity index (χ4v) is 3.35. The van der Waals surface area contributed by atoms with E-state index in [9.17, 15) is 4.79 Å². The van der Waals surface area contributed by atoms with Crippen molar-refractivity contribution in [2.75, 3.05) is 19.0 Å². The number of hydrogen-bond donors (Lipinski definition) is 3. The zero-order chi connectivity index (χ0) is 20.1. The fourth-order valence-electron chi connectivity index (χ4n) is 3.08. The van der Waals surface area contributed by atoms with Crippen molar-refractivity contribution in [3.05, 3.63) is 65.4 Å². The Hall–Kier alpha value is -3.06. The lowest BCUT2D eigenvalue weighted by molar-refractivity contribution is -0.113. The molecule has 0 saturated heterocycles. The maximum absolute atomic E-state index is 13.2. The van der Waals surface area contributed by atoms with Crippen LogP contribution in [0.2, 0.25) is 0 Å².